The third-order valence-electron chi connectivity index (χ3n) is 3.20. The van der Waals surface area contributed by atoms with Gasteiger partial charge < -0.3 is 10.2 Å². The Morgan fingerprint density at radius 2 is 1.55 bits per heavy atom. The Labute approximate surface area is 125 Å². The Bertz CT molecular complexity index is 220. The molecule has 3 heteroatoms. The van der Waals surface area contributed by atoms with E-state index in [0.717, 1.165) is 25.5 Å². The average molecular weight is 286 g/mol. The van der Waals surface area contributed by atoms with Crippen molar-refractivity contribution < 1.29 is 15.0 Å². The molecule has 0 aliphatic rings. The van der Waals surface area contributed by atoms with Gasteiger partial charge in [-0.2, -0.15) is 0 Å². The quantitative estimate of drug-likeness (QED) is 0.378. The average Bonchev–Trinajstić information content (AvgIpc) is 2.36. The predicted octanol–water partition coefficient (Wildman–Crippen LogP) is 5.71. The van der Waals surface area contributed by atoms with Crippen molar-refractivity contribution in [3.8, 4) is 0 Å². The van der Waals surface area contributed by atoms with Crippen molar-refractivity contribution in [1.29, 1.82) is 0 Å². The Morgan fingerprint density at radius 1 is 1.05 bits per heavy atom. The zero-order chi connectivity index (χ0) is 15.6. The van der Waals surface area contributed by atoms with Crippen molar-refractivity contribution in [2.75, 3.05) is 0 Å². The molecule has 0 aromatic heterocycles. The molecule has 20 heavy (non-hydrogen) atoms. The van der Waals surface area contributed by atoms with E-state index in [1.165, 1.54) is 57.8 Å². The van der Waals surface area contributed by atoms with E-state index in [-0.39, 0.29) is 0 Å². The molecule has 120 valence electrons. The summed E-state index contributed by atoms with van der Waals surface area (Å²) in [5.74, 6) is 0.0969. The zero-order valence-corrected chi connectivity index (χ0v) is 13.6. The maximum Gasteiger partial charge on any atom is 0.300 e. The molecule has 1 unspecified atom stereocenters. The van der Waals surface area contributed by atoms with Crippen molar-refractivity contribution in [3.63, 3.8) is 0 Å². The van der Waals surface area contributed by atoms with Crippen LogP contribution in [0.5, 0.6) is 0 Å². The maximum atomic E-state index is 9.00. The largest absolute Gasteiger partial charge is 0.516 e. The summed E-state index contributed by atoms with van der Waals surface area (Å²) in [6, 6.07) is 0. The van der Waals surface area contributed by atoms with Crippen LogP contribution in [0.4, 0.5) is 0 Å². The van der Waals surface area contributed by atoms with E-state index in [0.29, 0.717) is 0 Å². The summed E-state index contributed by atoms with van der Waals surface area (Å²) in [4.78, 5) is 9.00. The number of carbonyl (C=O) groups is 1. The number of aliphatic hydroxyl groups excluding tert-OH is 1. The van der Waals surface area contributed by atoms with Crippen LogP contribution in [0, 0.1) is 5.92 Å². The van der Waals surface area contributed by atoms with Gasteiger partial charge in [0, 0.05) is 6.92 Å². The Kier molecular flexibility index (Phi) is 19.2. The lowest BCUT2D eigenvalue weighted by Crippen LogP contribution is -1.93. The molecule has 0 bridgehead atoms. The topological polar surface area (TPSA) is 57.5 Å². The van der Waals surface area contributed by atoms with Crippen LogP contribution in [0.25, 0.3) is 0 Å². The van der Waals surface area contributed by atoms with Gasteiger partial charge in [-0.05, 0) is 18.8 Å². The number of unbranched alkanes of at least 4 members (excludes halogenated alkanes) is 6. The molecule has 0 heterocycles. The normalized spacial score (nSPS) is 11.9. The fourth-order valence-corrected chi connectivity index (χ4v) is 2.17. The minimum atomic E-state index is -0.833. The second kappa shape index (κ2) is 18.0. The van der Waals surface area contributed by atoms with E-state index in [9.17, 15) is 0 Å². The molecule has 0 aromatic rings. The highest BCUT2D eigenvalue weighted by Crippen LogP contribution is 2.16. The van der Waals surface area contributed by atoms with Gasteiger partial charge in [0.2, 0.25) is 0 Å². The summed E-state index contributed by atoms with van der Waals surface area (Å²) in [7, 11) is 0. The van der Waals surface area contributed by atoms with Gasteiger partial charge in [0.15, 0.2) is 0 Å². The van der Waals surface area contributed by atoms with Crippen molar-refractivity contribution in [1.82, 2.24) is 0 Å². The third kappa shape index (κ3) is 25.8. The number of aliphatic hydroxyl groups is 1. The first kappa shape index (κ1) is 21.3. The van der Waals surface area contributed by atoms with E-state index in [4.69, 9.17) is 15.0 Å². The van der Waals surface area contributed by atoms with E-state index in [1.807, 2.05) is 6.08 Å². The molecule has 0 saturated carbocycles. The first-order valence-corrected chi connectivity index (χ1v) is 8.03. The number of rotatable bonds is 11. The van der Waals surface area contributed by atoms with Gasteiger partial charge in [-0.15, -0.1) is 0 Å². The van der Waals surface area contributed by atoms with Gasteiger partial charge in [0.05, 0.1) is 6.26 Å². The lowest BCUT2D eigenvalue weighted by Gasteiger charge is -2.08. The van der Waals surface area contributed by atoms with Crippen molar-refractivity contribution in [2.24, 2.45) is 5.92 Å². The van der Waals surface area contributed by atoms with Gasteiger partial charge in [-0.1, -0.05) is 71.3 Å². The van der Waals surface area contributed by atoms with Crippen LogP contribution in [0.2, 0.25) is 0 Å². The minimum Gasteiger partial charge on any atom is -0.516 e. The highest BCUT2D eigenvalue weighted by molar-refractivity contribution is 5.62. The Hall–Kier alpha value is -0.990. The minimum absolute atomic E-state index is 0.833. The molecule has 2 N–H and O–H groups in total. The fraction of sp³-hybridized carbons (Fsp3) is 0.824. The van der Waals surface area contributed by atoms with E-state index < -0.39 is 5.97 Å². The zero-order valence-electron chi connectivity index (χ0n) is 13.6. The van der Waals surface area contributed by atoms with E-state index >= 15 is 0 Å². The molecule has 3 nitrogen and oxygen atoms in total. The number of carboxylic acid groups (broad SMARTS) is 1. The molecule has 0 saturated heterocycles. The molecule has 0 rings (SSSR count). The van der Waals surface area contributed by atoms with Crippen LogP contribution in [-0.2, 0) is 4.79 Å². The number of allylic oxidation sites excluding steroid dienone is 1. The van der Waals surface area contributed by atoms with Crippen LogP contribution in [-0.4, -0.2) is 16.2 Å². The predicted molar refractivity (Wildman–Crippen MR) is 86.1 cm³/mol. The first-order chi connectivity index (χ1) is 9.54. The molecule has 1 atom stereocenters. The van der Waals surface area contributed by atoms with Crippen molar-refractivity contribution >= 4 is 5.97 Å². The Morgan fingerprint density at radius 3 is 2.05 bits per heavy atom. The Balaban J connectivity index is 0. The van der Waals surface area contributed by atoms with Crippen LogP contribution in [0.15, 0.2) is 12.3 Å². The van der Waals surface area contributed by atoms with Gasteiger partial charge in [0.25, 0.3) is 5.97 Å². The SMILES string of the molecule is CC(=O)O.CCCC(C)CCCCCCCCC=CO. The molecular formula is C17H34O3. The summed E-state index contributed by atoms with van der Waals surface area (Å²) in [6.07, 6.45) is 16.3. The first-order valence-electron chi connectivity index (χ1n) is 8.03. The number of hydrogen-bond acceptors (Lipinski definition) is 2. The second-order valence-corrected chi connectivity index (χ2v) is 5.50. The summed E-state index contributed by atoms with van der Waals surface area (Å²) < 4.78 is 0. The molecule has 0 fully saturated rings. The third-order valence-corrected chi connectivity index (χ3v) is 3.20. The molecule has 0 aliphatic heterocycles. The van der Waals surface area contributed by atoms with Gasteiger partial charge >= 0.3 is 0 Å². The van der Waals surface area contributed by atoms with Gasteiger partial charge in [0.1, 0.15) is 0 Å². The lowest BCUT2D eigenvalue weighted by atomic mass is 9.98. The van der Waals surface area contributed by atoms with E-state index in [1.54, 1.807) is 0 Å². The van der Waals surface area contributed by atoms with E-state index in [2.05, 4.69) is 13.8 Å². The summed E-state index contributed by atoms with van der Waals surface area (Å²) in [5, 5.41) is 15.9. The monoisotopic (exact) mass is 286 g/mol. The highest BCUT2D eigenvalue weighted by atomic mass is 16.4. The lowest BCUT2D eigenvalue weighted by molar-refractivity contribution is -0.134. The molecule has 0 amide bonds. The van der Waals surface area contributed by atoms with Crippen LogP contribution < -0.4 is 0 Å². The second-order valence-electron chi connectivity index (χ2n) is 5.50. The number of carboxylic acids is 1. The molecule has 0 spiro atoms. The van der Waals surface area contributed by atoms with Gasteiger partial charge in [-0.25, -0.2) is 0 Å². The standard InChI is InChI=1S/C15H30O.C2H4O2/c1-3-12-15(2)13-10-8-6-4-5-7-9-11-14-16;1-2(3)4/h11,14-16H,3-10,12-13H2,1-2H3;1H3,(H,3,4). The van der Waals surface area contributed by atoms with Crippen LogP contribution >= 0.6 is 0 Å². The summed E-state index contributed by atoms with van der Waals surface area (Å²) in [6.45, 7) is 5.74. The smallest absolute Gasteiger partial charge is 0.300 e. The molecular weight excluding hydrogens is 252 g/mol. The fourth-order valence-electron chi connectivity index (χ4n) is 2.17. The highest BCUT2D eigenvalue weighted by Gasteiger charge is 1.99. The maximum absolute atomic E-state index is 9.00. The molecule has 0 radical (unpaired) electrons. The molecule has 0 aromatic carbocycles. The summed E-state index contributed by atoms with van der Waals surface area (Å²) >= 11 is 0. The van der Waals surface area contributed by atoms with Crippen molar-refractivity contribution in [2.45, 2.75) is 85.0 Å². The summed E-state index contributed by atoms with van der Waals surface area (Å²) in [5.41, 5.74) is 0. The molecule has 0 aliphatic carbocycles. The van der Waals surface area contributed by atoms with Crippen LogP contribution in [0.3, 0.4) is 0 Å². The van der Waals surface area contributed by atoms with Crippen molar-refractivity contribution in [3.05, 3.63) is 12.3 Å². The number of aliphatic carboxylic acids is 1. The van der Waals surface area contributed by atoms with Gasteiger partial charge in [-0.3, -0.25) is 4.79 Å². The van der Waals surface area contributed by atoms with Crippen LogP contribution in [0.1, 0.15) is 85.0 Å². The number of hydrogen-bond donors (Lipinski definition) is 2.